The molecule has 8 heteroatoms. The van der Waals surface area contributed by atoms with Crippen LogP contribution in [0.1, 0.15) is 15.9 Å². The molecule has 1 unspecified atom stereocenters. The average Bonchev–Trinajstić information content (AvgIpc) is 2.47. The second-order valence-electron chi connectivity index (χ2n) is 4.85. The van der Waals surface area contributed by atoms with Crippen molar-refractivity contribution in [3.8, 4) is 0 Å². The lowest BCUT2D eigenvalue weighted by molar-refractivity contribution is -0.385. The summed E-state index contributed by atoms with van der Waals surface area (Å²) in [5, 5.41) is 20.5. The minimum absolute atomic E-state index is 0.0762. The van der Waals surface area contributed by atoms with E-state index in [1.165, 1.54) is 18.2 Å². The van der Waals surface area contributed by atoms with Gasteiger partial charge in [-0.25, -0.2) is 0 Å². The Morgan fingerprint density at radius 3 is 2.95 bits per heavy atom. The molecular weight excluding hydrogens is 278 g/mol. The van der Waals surface area contributed by atoms with Gasteiger partial charge in [0.05, 0.1) is 30.8 Å². The number of primary amides is 1. The van der Waals surface area contributed by atoms with Crippen LogP contribution in [0.3, 0.4) is 0 Å². The molecule has 0 radical (unpaired) electrons. The number of carbonyl (C=O) groups excluding carboxylic acids is 1. The molecule has 1 aromatic carbocycles. The maximum Gasteiger partial charge on any atom is 0.274 e. The summed E-state index contributed by atoms with van der Waals surface area (Å²) >= 11 is 0. The molecule has 0 aliphatic carbocycles. The van der Waals surface area contributed by atoms with Gasteiger partial charge in [-0.15, -0.1) is 0 Å². The summed E-state index contributed by atoms with van der Waals surface area (Å²) in [5.74, 6) is -0.704. The molecule has 1 aromatic rings. The van der Waals surface area contributed by atoms with Crippen molar-refractivity contribution in [2.45, 2.75) is 12.6 Å². The molecule has 0 saturated carbocycles. The number of ether oxygens (including phenoxy) is 1. The molecule has 0 aromatic heterocycles. The summed E-state index contributed by atoms with van der Waals surface area (Å²) in [7, 11) is 0. The topological polar surface area (TPSA) is 119 Å². The predicted molar refractivity (Wildman–Crippen MR) is 73.7 cm³/mol. The van der Waals surface area contributed by atoms with E-state index in [1.54, 1.807) is 0 Å². The molecule has 1 aliphatic heterocycles. The molecule has 0 spiro atoms. The molecule has 2 rings (SSSR count). The number of benzene rings is 1. The molecular formula is C13H17N3O5. The van der Waals surface area contributed by atoms with Gasteiger partial charge in [0, 0.05) is 30.3 Å². The zero-order chi connectivity index (χ0) is 15.4. The first-order valence-corrected chi connectivity index (χ1v) is 6.52. The van der Waals surface area contributed by atoms with Crippen LogP contribution in [-0.4, -0.2) is 53.2 Å². The molecule has 1 amide bonds. The molecule has 114 valence electrons. The van der Waals surface area contributed by atoms with Crippen molar-refractivity contribution < 1.29 is 19.6 Å². The van der Waals surface area contributed by atoms with Gasteiger partial charge in [-0.05, 0) is 6.07 Å². The van der Waals surface area contributed by atoms with E-state index in [0.717, 1.165) is 0 Å². The summed E-state index contributed by atoms with van der Waals surface area (Å²) < 4.78 is 5.27. The second-order valence-corrected chi connectivity index (χ2v) is 4.85. The fourth-order valence-electron chi connectivity index (χ4n) is 2.31. The van der Waals surface area contributed by atoms with Crippen LogP contribution in [0.2, 0.25) is 0 Å². The molecule has 8 nitrogen and oxygen atoms in total. The van der Waals surface area contributed by atoms with Gasteiger partial charge in [0.15, 0.2) is 0 Å². The van der Waals surface area contributed by atoms with Gasteiger partial charge in [-0.3, -0.25) is 19.8 Å². The number of nitro benzene ring substituents is 1. The lowest BCUT2D eigenvalue weighted by Gasteiger charge is -2.34. The zero-order valence-electron chi connectivity index (χ0n) is 11.4. The lowest BCUT2D eigenvalue weighted by atomic mass is 10.1. The quantitative estimate of drug-likeness (QED) is 0.577. The van der Waals surface area contributed by atoms with Crippen LogP contribution in [0.15, 0.2) is 18.2 Å². The highest BCUT2D eigenvalue weighted by molar-refractivity contribution is 5.93. The van der Waals surface area contributed by atoms with Crippen LogP contribution in [-0.2, 0) is 11.3 Å². The summed E-state index contributed by atoms with van der Waals surface area (Å²) in [6.45, 7) is 1.73. The largest absolute Gasteiger partial charge is 0.395 e. The van der Waals surface area contributed by atoms with Gasteiger partial charge in [0.2, 0.25) is 5.91 Å². The Kier molecular flexibility index (Phi) is 4.84. The van der Waals surface area contributed by atoms with Crippen LogP contribution in [0.4, 0.5) is 5.69 Å². The van der Waals surface area contributed by atoms with Gasteiger partial charge in [0.25, 0.3) is 5.69 Å². The third kappa shape index (κ3) is 3.54. The number of carbonyl (C=O) groups is 1. The second kappa shape index (κ2) is 6.61. The maximum absolute atomic E-state index is 11.2. The molecule has 21 heavy (non-hydrogen) atoms. The molecule has 1 aliphatic rings. The SMILES string of the molecule is NC(=O)c1ccc(CN2CCOCC2CO)c([N+](=O)[O-])c1. The number of nitro groups is 1. The minimum Gasteiger partial charge on any atom is -0.395 e. The van der Waals surface area contributed by atoms with Gasteiger partial charge in [-0.2, -0.15) is 0 Å². The Morgan fingerprint density at radius 1 is 1.57 bits per heavy atom. The summed E-state index contributed by atoms with van der Waals surface area (Å²) in [6.07, 6.45) is 0. The third-order valence-corrected chi connectivity index (χ3v) is 3.50. The van der Waals surface area contributed by atoms with Crippen molar-refractivity contribution in [3.05, 3.63) is 39.4 Å². The molecule has 1 saturated heterocycles. The van der Waals surface area contributed by atoms with Crippen molar-refractivity contribution >= 4 is 11.6 Å². The summed E-state index contributed by atoms with van der Waals surface area (Å²) in [5.41, 5.74) is 5.58. The van der Waals surface area contributed by atoms with E-state index < -0.39 is 10.8 Å². The molecule has 3 N–H and O–H groups in total. The van der Waals surface area contributed by atoms with Gasteiger partial charge >= 0.3 is 0 Å². The Morgan fingerprint density at radius 2 is 2.33 bits per heavy atom. The fourth-order valence-corrected chi connectivity index (χ4v) is 2.31. The van der Waals surface area contributed by atoms with Crippen molar-refractivity contribution in [2.24, 2.45) is 5.73 Å². The standard InChI is InChI=1S/C13H17N3O5/c14-13(18)9-1-2-10(12(5-9)16(19)20)6-15-3-4-21-8-11(15)7-17/h1-2,5,11,17H,3-4,6-8H2,(H2,14,18). The number of nitrogens with zero attached hydrogens (tertiary/aromatic N) is 2. The third-order valence-electron chi connectivity index (χ3n) is 3.50. The number of hydrogen-bond acceptors (Lipinski definition) is 6. The normalized spacial score (nSPS) is 19.4. The van der Waals surface area contributed by atoms with Crippen LogP contribution < -0.4 is 5.73 Å². The van der Waals surface area contributed by atoms with Gasteiger partial charge < -0.3 is 15.6 Å². The highest BCUT2D eigenvalue weighted by atomic mass is 16.6. The highest BCUT2D eigenvalue weighted by Gasteiger charge is 2.25. The highest BCUT2D eigenvalue weighted by Crippen LogP contribution is 2.23. The molecule has 0 bridgehead atoms. The number of hydrogen-bond donors (Lipinski definition) is 2. The van der Waals surface area contributed by atoms with Crippen LogP contribution in [0, 0.1) is 10.1 Å². The molecule has 1 heterocycles. The predicted octanol–water partition coefficient (Wildman–Crippen LogP) is -0.113. The monoisotopic (exact) mass is 295 g/mol. The van der Waals surface area contributed by atoms with Crippen molar-refractivity contribution in [1.82, 2.24) is 4.90 Å². The maximum atomic E-state index is 11.2. The van der Waals surface area contributed by atoms with E-state index in [9.17, 15) is 20.0 Å². The van der Waals surface area contributed by atoms with E-state index in [0.29, 0.717) is 31.9 Å². The zero-order valence-corrected chi connectivity index (χ0v) is 11.4. The van der Waals surface area contributed by atoms with E-state index >= 15 is 0 Å². The Balaban J connectivity index is 2.26. The van der Waals surface area contributed by atoms with Gasteiger partial charge in [-0.1, -0.05) is 6.07 Å². The molecule has 1 fully saturated rings. The van der Waals surface area contributed by atoms with Crippen molar-refractivity contribution in [3.63, 3.8) is 0 Å². The number of aliphatic hydroxyl groups excluding tert-OH is 1. The number of morpholine rings is 1. The first kappa shape index (κ1) is 15.4. The minimum atomic E-state index is -0.704. The molecule has 1 atom stereocenters. The Labute approximate surface area is 121 Å². The van der Waals surface area contributed by atoms with E-state index in [1.807, 2.05) is 4.90 Å². The lowest BCUT2D eigenvalue weighted by Crippen LogP contribution is -2.46. The van der Waals surface area contributed by atoms with E-state index in [4.69, 9.17) is 10.5 Å². The average molecular weight is 295 g/mol. The number of nitrogens with two attached hydrogens (primary N) is 1. The Bertz CT molecular complexity index is 549. The summed E-state index contributed by atoms with van der Waals surface area (Å²) in [4.78, 5) is 23.7. The first-order valence-electron chi connectivity index (χ1n) is 6.52. The fraction of sp³-hybridized carbons (Fsp3) is 0.462. The number of aliphatic hydroxyl groups is 1. The van der Waals surface area contributed by atoms with E-state index in [-0.39, 0.29) is 23.9 Å². The van der Waals surface area contributed by atoms with E-state index in [2.05, 4.69) is 0 Å². The number of amides is 1. The van der Waals surface area contributed by atoms with Crippen LogP contribution in [0.5, 0.6) is 0 Å². The smallest absolute Gasteiger partial charge is 0.274 e. The van der Waals surface area contributed by atoms with Crippen LogP contribution in [0.25, 0.3) is 0 Å². The summed E-state index contributed by atoms with van der Waals surface area (Å²) in [6, 6.07) is 4.00. The number of rotatable bonds is 5. The van der Waals surface area contributed by atoms with Crippen molar-refractivity contribution in [2.75, 3.05) is 26.4 Å². The van der Waals surface area contributed by atoms with Gasteiger partial charge in [0.1, 0.15) is 0 Å². The van der Waals surface area contributed by atoms with Crippen LogP contribution >= 0.6 is 0 Å². The Hall–Kier alpha value is -2.03. The van der Waals surface area contributed by atoms with Crippen molar-refractivity contribution in [1.29, 1.82) is 0 Å². The first-order chi connectivity index (χ1) is 10.0.